The van der Waals surface area contributed by atoms with Gasteiger partial charge in [-0.25, -0.2) is 16.8 Å². The first-order valence-electron chi connectivity index (χ1n) is 6.00. The molecule has 1 aromatic heterocycles. The molecule has 0 N–H and O–H groups in total. The highest BCUT2D eigenvalue weighted by molar-refractivity contribution is 8.14. The minimum absolute atomic E-state index is 0.0479. The Morgan fingerprint density at radius 3 is 1.45 bits per heavy atom. The average molecular weight is 378 g/mol. The monoisotopic (exact) mass is 377 g/mol. The van der Waals surface area contributed by atoms with Gasteiger partial charge in [0.2, 0.25) is 0 Å². The number of hydrogen-bond acceptors (Lipinski definition) is 4. The molecule has 3 rings (SSSR count). The third kappa shape index (κ3) is 2.48. The van der Waals surface area contributed by atoms with E-state index in [0.717, 1.165) is 11.0 Å². The zero-order valence-electron chi connectivity index (χ0n) is 11.1. The lowest BCUT2D eigenvalue weighted by Crippen LogP contribution is -1.91. The number of fused-ring (bicyclic) bond motifs is 3. The molecule has 1 heterocycles. The van der Waals surface area contributed by atoms with Crippen molar-refractivity contribution in [3.05, 3.63) is 36.4 Å². The third-order valence-electron chi connectivity index (χ3n) is 3.51. The lowest BCUT2D eigenvalue weighted by molar-refractivity contribution is 0.608. The highest BCUT2D eigenvalue weighted by Crippen LogP contribution is 2.32. The first-order chi connectivity index (χ1) is 10.1. The van der Waals surface area contributed by atoms with Crippen LogP contribution in [0.15, 0.2) is 46.2 Å². The maximum absolute atomic E-state index is 11.5. The molecular weight excluding hydrogens is 369 g/mol. The standard InChI is InChI=1S/C13H9Cl2NO4S2/c1-16-12-4-2-8(21(14,17)18)6-10(12)11-7-9(22(15,19)20)3-5-13(11)16/h2-7H,1H3. The van der Waals surface area contributed by atoms with Crippen LogP contribution in [0, 0.1) is 0 Å². The fourth-order valence-electron chi connectivity index (χ4n) is 2.48. The minimum atomic E-state index is -3.87. The summed E-state index contributed by atoms with van der Waals surface area (Å²) < 4.78 is 47.8. The van der Waals surface area contributed by atoms with Gasteiger partial charge < -0.3 is 4.57 Å². The molecule has 0 saturated carbocycles. The lowest BCUT2D eigenvalue weighted by atomic mass is 10.1. The Balaban J connectivity index is 2.48. The van der Waals surface area contributed by atoms with Crippen molar-refractivity contribution in [1.82, 2.24) is 4.57 Å². The molecule has 0 saturated heterocycles. The Bertz CT molecular complexity index is 1040. The Labute approximate surface area is 135 Å². The van der Waals surface area contributed by atoms with Crippen molar-refractivity contribution >= 4 is 61.3 Å². The van der Waals surface area contributed by atoms with E-state index in [1.54, 1.807) is 19.2 Å². The van der Waals surface area contributed by atoms with Crippen molar-refractivity contribution in [1.29, 1.82) is 0 Å². The Morgan fingerprint density at radius 1 is 0.773 bits per heavy atom. The molecular formula is C13H9Cl2NO4S2. The van der Waals surface area contributed by atoms with Crippen molar-refractivity contribution in [3.63, 3.8) is 0 Å². The van der Waals surface area contributed by atoms with Gasteiger partial charge >= 0.3 is 0 Å². The van der Waals surface area contributed by atoms with Crippen LogP contribution in [0.25, 0.3) is 21.8 Å². The summed E-state index contributed by atoms with van der Waals surface area (Å²) in [4.78, 5) is -0.0957. The van der Waals surface area contributed by atoms with Gasteiger partial charge in [-0.2, -0.15) is 0 Å². The van der Waals surface area contributed by atoms with Crippen LogP contribution in [-0.2, 0) is 25.1 Å². The predicted molar refractivity (Wildman–Crippen MR) is 86.5 cm³/mol. The number of nitrogens with zero attached hydrogens (tertiary/aromatic N) is 1. The van der Waals surface area contributed by atoms with E-state index in [0.29, 0.717) is 10.8 Å². The molecule has 0 fully saturated rings. The van der Waals surface area contributed by atoms with Gasteiger partial charge in [-0.3, -0.25) is 0 Å². The van der Waals surface area contributed by atoms with Crippen LogP contribution in [0.3, 0.4) is 0 Å². The van der Waals surface area contributed by atoms with E-state index in [-0.39, 0.29) is 9.79 Å². The third-order valence-corrected chi connectivity index (χ3v) is 6.22. The second kappa shape index (κ2) is 4.86. The van der Waals surface area contributed by atoms with Crippen LogP contribution >= 0.6 is 21.4 Å². The van der Waals surface area contributed by atoms with Crippen molar-refractivity contribution in [3.8, 4) is 0 Å². The Hall–Kier alpha value is -1.28. The van der Waals surface area contributed by atoms with E-state index in [2.05, 4.69) is 0 Å². The number of rotatable bonds is 2. The maximum atomic E-state index is 11.5. The highest BCUT2D eigenvalue weighted by atomic mass is 35.7. The van der Waals surface area contributed by atoms with Crippen molar-refractivity contribution < 1.29 is 16.8 Å². The second-order valence-electron chi connectivity index (χ2n) is 4.79. The summed E-state index contributed by atoms with van der Waals surface area (Å²) in [7, 11) is 4.79. The van der Waals surface area contributed by atoms with Gasteiger partial charge in [-0.15, -0.1) is 0 Å². The zero-order chi connectivity index (χ0) is 16.3. The van der Waals surface area contributed by atoms with Gasteiger partial charge in [0.05, 0.1) is 9.79 Å². The molecule has 0 unspecified atom stereocenters. The molecule has 116 valence electrons. The van der Waals surface area contributed by atoms with Gasteiger partial charge in [-0.1, -0.05) is 0 Å². The van der Waals surface area contributed by atoms with Crippen LogP contribution in [0.4, 0.5) is 0 Å². The summed E-state index contributed by atoms with van der Waals surface area (Å²) in [6.07, 6.45) is 0. The smallest absolute Gasteiger partial charge is 0.261 e. The minimum Gasteiger partial charge on any atom is -0.344 e. The van der Waals surface area contributed by atoms with Crippen molar-refractivity contribution in [2.45, 2.75) is 9.79 Å². The SMILES string of the molecule is Cn1c2ccc(S(=O)(=O)Cl)cc2c2cc(S(=O)(=O)Cl)ccc21. The van der Waals surface area contributed by atoms with Gasteiger partial charge in [0.1, 0.15) is 0 Å². The number of benzene rings is 2. The maximum Gasteiger partial charge on any atom is 0.261 e. The Morgan fingerprint density at radius 2 is 1.14 bits per heavy atom. The van der Waals surface area contributed by atoms with Gasteiger partial charge in [0.15, 0.2) is 0 Å². The summed E-state index contributed by atoms with van der Waals surface area (Å²) in [5, 5.41) is 1.17. The van der Waals surface area contributed by atoms with Crippen molar-refractivity contribution in [2.75, 3.05) is 0 Å². The highest BCUT2D eigenvalue weighted by Gasteiger charge is 2.17. The fraction of sp³-hybridized carbons (Fsp3) is 0.0769. The molecule has 0 aliphatic carbocycles. The van der Waals surface area contributed by atoms with E-state index < -0.39 is 18.1 Å². The number of halogens is 2. The molecule has 0 atom stereocenters. The van der Waals surface area contributed by atoms with E-state index >= 15 is 0 Å². The zero-order valence-corrected chi connectivity index (χ0v) is 14.3. The summed E-state index contributed by atoms with van der Waals surface area (Å²) in [6.45, 7) is 0. The summed E-state index contributed by atoms with van der Waals surface area (Å²) in [6, 6.07) is 8.90. The lowest BCUT2D eigenvalue weighted by Gasteiger charge is -1.99. The first kappa shape index (κ1) is 15.6. The molecule has 0 aliphatic heterocycles. The molecule has 0 aliphatic rings. The van der Waals surface area contributed by atoms with E-state index in [4.69, 9.17) is 21.4 Å². The van der Waals surface area contributed by atoms with E-state index in [9.17, 15) is 16.8 Å². The summed E-state index contributed by atoms with van der Waals surface area (Å²) >= 11 is 0. The predicted octanol–water partition coefficient (Wildman–Crippen LogP) is 3.19. The number of hydrogen-bond donors (Lipinski definition) is 0. The number of aryl methyl sites for hydroxylation is 1. The van der Waals surface area contributed by atoms with Gasteiger partial charge in [0.25, 0.3) is 18.1 Å². The molecule has 5 nitrogen and oxygen atoms in total. The first-order valence-corrected chi connectivity index (χ1v) is 10.6. The quantitative estimate of drug-likeness (QED) is 0.642. The molecule has 0 amide bonds. The fourth-order valence-corrected chi connectivity index (χ4v) is 4.03. The second-order valence-corrected chi connectivity index (χ2v) is 9.92. The van der Waals surface area contributed by atoms with Gasteiger partial charge in [0, 0.05) is 50.2 Å². The molecule has 0 radical (unpaired) electrons. The molecule has 22 heavy (non-hydrogen) atoms. The van der Waals surface area contributed by atoms with Crippen LogP contribution in [-0.4, -0.2) is 21.4 Å². The topological polar surface area (TPSA) is 73.2 Å². The summed E-state index contributed by atoms with van der Waals surface area (Å²) in [5.74, 6) is 0. The van der Waals surface area contributed by atoms with Crippen LogP contribution < -0.4 is 0 Å². The average Bonchev–Trinajstić information content (AvgIpc) is 2.70. The normalized spacial score (nSPS) is 13.0. The number of aromatic nitrogens is 1. The van der Waals surface area contributed by atoms with E-state index in [1.807, 2.05) is 4.57 Å². The van der Waals surface area contributed by atoms with Crippen LogP contribution in [0.1, 0.15) is 0 Å². The van der Waals surface area contributed by atoms with E-state index in [1.165, 1.54) is 24.3 Å². The molecule has 3 aromatic rings. The van der Waals surface area contributed by atoms with Crippen LogP contribution in [0.5, 0.6) is 0 Å². The summed E-state index contributed by atoms with van der Waals surface area (Å²) in [5.41, 5.74) is 1.51. The van der Waals surface area contributed by atoms with Crippen LogP contribution in [0.2, 0.25) is 0 Å². The Kier molecular flexibility index (Phi) is 3.45. The molecule has 9 heteroatoms. The molecule has 0 spiro atoms. The van der Waals surface area contributed by atoms with Gasteiger partial charge in [-0.05, 0) is 36.4 Å². The molecule has 0 bridgehead atoms. The molecule has 2 aromatic carbocycles. The van der Waals surface area contributed by atoms with Crippen molar-refractivity contribution in [2.24, 2.45) is 7.05 Å². The largest absolute Gasteiger partial charge is 0.344 e.